The molecule has 0 saturated heterocycles. The smallest absolute Gasteiger partial charge is 0.271 e. The van der Waals surface area contributed by atoms with Crippen LogP contribution in [0, 0.1) is 10.1 Å². The molecule has 7 heteroatoms. The Morgan fingerprint density at radius 1 is 1.37 bits per heavy atom. The molecule has 0 aromatic heterocycles. The van der Waals surface area contributed by atoms with Gasteiger partial charge in [-0.15, -0.1) is 0 Å². The molecule has 1 aromatic carbocycles. The number of carbonyl (C=O) groups excluding carboxylic acids is 1. The van der Waals surface area contributed by atoms with Gasteiger partial charge in [0.15, 0.2) is 0 Å². The van der Waals surface area contributed by atoms with E-state index in [-0.39, 0.29) is 22.2 Å². The molecule has 1 aromatic rings. The van der Waals surface area contributed by atoms with Crippen LogP contribution in [0.25, 0.3) is 0 Å². The number of carbonyl (C=O) groups is 1. The summed E-state index contributed by atoms with van der Waals surface area (Å²) in [4.78, 5) is 21.9. The highest BCUT2D eigenvalue weighted by atomic mass is 35.5. The van der Waals surface area contributed by atoms with E-state index < -0.39 is 4.92 Å². The molecule has 104 valence electrons. The van der Waals surface area contributed by atoms with Crippen LogP contribution < -0.4 is 10.6 Å². The van der Waals surface area contributed by atoms with E-state index in [2.05, 4.69) is 10.6 Å². The summed E-state index contributed by atoms with van der Waals surface area (Å²) in [7, 11) is 0. The van der Waals surface area contributed by atoms with Crippen molar-refractivity contribution < 1.29 is 9.72 Å². The van der Waals surface area contributed by atoms with Crippen LogP contribution in [-0.4, -0.2) is 30.0 Å². The fraction of sp³-hybridized carbons (Fsp3) is 0.417. The van der Waals surface area contributed by atoms with E-state index in [0.29, 0.717) is 19.1 Å². The second kappa shape index (κ2) is 7.06. The number of halogens is 1. The highest BCUT2D eigenvalue weighted by Crippen LogP contribution is 2.20. The normalized spacial score (nSPS) is 10.5. The molecule has 0 saturated carbocycles. The average Bonchev–Trinajstić information content (AvgIpc) is 2.33. The Bertz CT molecular complexity index is 477. The second-order valence-electron chi connectivity index (χ2n) is 4.32. The van der Waals surface area contributed by atoms with Gasteiger partial charge in [0.05, 0.1) is 4.92 Å². The van der Waals surface area contributed by atoms with E-state index in [1.807, 2.05) is 13.8 Å². The molecule has 0 heterocycles. The van der Waals surface area contributed by atoms with Crippen molar-refractivity contribution in [1.82, 2.24) is 10.6 Å². The SMILES string of the molecule is CC(C)NCCNC(=O)c1cc(Cl)cc([N+](=O)[O-])c1. The Labute approximate surface area is 116 Å². The molecule has 0 spiro atoms. The summed E-state index contributed by atoms with van der Waals surface area (Å²) in [5.41, 5.74) is -0.0123. The first-order valence-electron chi connectivity index (χ1n) is 5.86. The Morgan fingerprint density at radius 3 is 2.63 bits per heavy atom. The molecule has 0 unspecified atom stereocenters. The third kappa shape index (κ3) is 5.23. The lowest BCUT2D eigenvalue weighted by Crippen LogP contribution is -2.34. The quantitative estimate of drug-likeness (QED) is 0.475. The molecule has 0 aliphatic carbocycles. The topological polar surface area (TPSA) is 84.3 Å². The van der Waals surface area contributed by atoms with Gasteiger partial charge >= 0.3 is 0 Å². The van der Waals surface area contributed by atoms with Gasteiger partial charge in [-0.2, -0.15) is 0 Å². The minimum absolute atomic E-state index is 0.166. The zero-order valence-corrected chi connectivity index (χ0v) is 11.5. The molecule has 6 nitrogen and oxygen atoms in total. The first kappa shape index (κ1) is 15.4. The molecule has 0 bridgehead atoms. The van der Waals surface area contributed by atoms with E-state index >= 15 is 0 Å². The predicted octanol–water partition coefficient (Wildman–Crippen LogP) is 1.98. The summed E-state index contributed by atoms with van der Waals surface area (Å²) in [5, 5.41) is 16.6. The van der Waals surface area contributed by atoms with Crippen molar-refractivity contribution in [3.8, 4) is 0 Å². The van der Waals surface area contributed by atoms with Gasteiger partial charge in [-0.25, -0.2) is 0 Å². The number of rotatable bonds is 6. The van der Waals surface area contributed by atoms with Crippen molar-refractivity contribution in [2.45, 2.75) is 19.9 Å². The molecule has 0 fully saturated rings. The monoisotopic (exact) mass is 285 g/mol. The molecule has 0 atom stereocenters. The number of hydrogen-bond acceptors (Lipinski definition) is 4. The fourth-order valence-corrected chi connectivity index (χ4v) is 1.68. The van der Waals surface area contributed by atoms with Gasteiger partial charge in [0.25, 0.3) is 11.6 Å². The molecule has 0 radical (unpaired) electrons. The summed E-state index contributed by atoms with van der Waals surface area (Å²) in [6.45, 7) is 5.08. The highest BCUT2D eigenvalue weighted by molar-refractivity contribution is 6.31. The lowest BCUT2D eigenvalue weighted by molar-refractivity contribution is -0.384. The van der Waals surface area contributed by atoms with Crippen molar-refractivity contribution >= 4 is 23.2 Å². The standard InChI is InChI=1S/C12H16ClN3O3/c1-8(2)14-3-4-15-12(17)9-5-10(13)7-11(6-9)16(18)19/h5-8,14H,3-4H2,1-2H3,(H,15,17). The fourth-order valence-electron chi connectivity index (χ4n) is 1.45. The van der Waals surface area contributed by atoms with Crippen LogP contribution in [0.2, 0.25) is 5.02 Å². The van der Waals surface area contributed by atoms with Crippen LogP contribution in [0.3, 0.4) is 0 Å². The van der Waals surface area contributed by atoms with Gasteiger partial charge in [-0.1, -0.05) is 25.4 Å². The second-order valence-corrected chi connectivity index (χ2v) is 4.76. The summed E-state index contributed by atoms with van der Waals surface area (Å²) < 4.78 is 0. The Balaban J connectivity index is 2.64. The molecule has 0 aliphatic rings. The minimum atomic E-state index is -0.580. The van der Waals surface area contributed by atoms with Crippen LogP contribution in [0.1, 0.15) is 24.2 Å². The average molecular weight is 286 g/mol. The largest absolute Gasteiger partial charge is 0.351 e. The van der Waals surface area contributed by atoms with Crippen molar-refractivity contribution in [2.24, 2.45) is 0 Å². The predicted molar refractivity (Wildman–Crippen MR) is 73.6 cm³/mol. The van der Waals surface area contributed by atoms with E-state index in [1.165, 1.54) is 18.2 Å². The maximum atomic E-state index is 11.8. The van der Waals surface area contributed by atoms with Crippen molar-refractivity contribution in [3.05, 3.63) is 38.9 Å². The Kier molecular flexibility index (Phi) is 5.72. The summed E-state index contributed by atoms with van der Waals surface area (Å²) in [6.07, 6.45) is 0. The lowest BCUT2D eigenvalue weighted by Gasteiger charge is -2.09. The van der Waals surface area contributed by atoms with Gasteiger partial charge in [0, 0.05) is 41.9 Å². The maximum absolute atomic E-state index is 11.8. The van der Waals surface area contributed by atoms with Gasteiger partial charge < -0.3 is 10.6 Å². The zero-order chi connectivity index (χ0) is 14.4. The number of non-ortho nitro benzene ring substituents is 1. The number of hydrogen-bond donors (Lipinski definition) is 2. The lowest BCUT2D eigenvalue weighted by atomic mass is 10.2. The van der Waals surface area contributed by atoms with Gasteiger partial charge in [0.2, 0.25) is 0 Å². The van der Waals surface area contributed by atoms with Crippen LogP contribution >= 0.6 is 11.6 Å². The Morgan fingerprint density at radius 2 is 2.05 bits per heavy atom. The summed E-state index contributed by atoms with van der Waals surface area (Å²) in [5.74, 6) is -0.379. The molecule has 19 heavy (non-hydrogen) atoms. The number of benzene rings is 1. The van der Waals surface area contributed by atoms with E-state index in [0.717, 1.165) is 0 Å². The van der Waals surface area contributed by atoms with Crippen LogP contribution in [0.5, 0.6) is 0 Å². The molecular weight excluding hydrogens is 270 g/mol. The molecule has 2 N–H and O–H groups in total. The third-order valence-electron chi connectivity index (χ3n) is 2.32. The number of nitrogens with one attached hydrogen (secondary N) is 2. The molecule has 1 rings (SSSR count). The summed E-state index contributed by atoms with van der Waals surface area (Å²) in [6, 6.07) is 4.15. The molecule has 0 aliphatic heterocycles. The van der Waals surface area contributed by atoms with Crippen LogP contribution in [0.15, 0.2) is 18.2 Å². The number of nitro benzene ring substituents is 1. The molecule has 1 amide bonds. The van der Waals surface area contributed by atoms with Crippen molar-refractivity contribution in [1.29, 1.82) is 0 Å². The number of nitro groups is 1. The maximum Gasteiger partial charge on any atom is 0.271 e. The van der Waals surface area contributed by atoms with Crippen molar-refractivity contribution in [3.63, 3.8) is 0 Å². The van der Waals surface area contributed by atoms with Crippen LogP contribution in [-0.2, 0) is 0 Å². The van der Waals surface area contributed by atoms with Gasteiger partial charge in [-0.05, 0) is 6.07 Å². The Hall–Kier alpha value is -1.66. The van der Waals surface area contributed by atoms with Gasteiger partial charge in [-0.3, -0.25) is 14.9 Å². The molecular formula is C12H16ClN3O3. The summed E-state index contributed by atoms with van der Waals surface area (Å²) >= 11 is 5.74. The first-order valence-corrected chi connectivity index (χ1v) is 6.24. The number of amides is 1. The van der Waals surface area contributed by atoms with E-state index in [4.69, 9.17) is 11.6 Å². The van der Waals surface area contributed by atoms with E-state index in [9.17, 15) is 14.9 Å². The van der Waals surface area contributed by atoms with Crippen LogP contribution in [0.4, 0.5) is 5.69 Å². The zero-order valence-electron chi connectivity index (χ0n) is 10.8. The minimum Gasteiger partial charge on any atom is -0.351 e. The van der Waals surface area contributed by atoms with Gasteiger partial charge in [0.1, 0.15) is 0 Å². The third-order valence-corrected chi connectivity index (χ3v) is 2.54. The van der Waals surface area contributed by atoms with Crippen molar-refractivity contribution in [2.75, 3.05) is 13.1 Å². The van der Waals surface area contributed by atoms with E-state index in [1.54, 1.807) is 0 Å². The first-order chi connectivity index (χ1) is 8.90. The highest BCUT2D eigenvalue weighted by Gasteiger charge is 2.13. The number of nitrogens with zero attached hydrogens (tertiary/aromatic N) is 1.